The zero-order valence-electron chi connectivity index (χ0n) is 16.2. The minimum Gasteiger partial charge on any atom is -0.491 e. The van der Waals surface area contributed by atoms with Gasteiger partial charge in [-0.3, -0.25) is 9.59 Å². The van der Waals surface area contributed by atoms with Gasteiger partial charge in [0.25, 0.3) is 0 Å². The van der Waals surface area contributed by atoms with E-state index in [1.807, 2.05) is 18.4 Å². The van der Waals surface area contributed by atoms with Crippen LogP contribution >= 0.6 is 11.3 Å². The van der Waals surface area contributed by atoms with Crippen molar-refractivity contribution >= 4 is 23.2 Å². The van der Waals surface area contributed by atoms with Gasteiger partial charge < -0.3 is 14.5 Å². The topological polar surface area (TPSA) is 49.9 Å². The fraction of sp³-hybridized carbons (Fsp3) is 0.429. The molecule has 5 nitrogen and oxygen atoms in total. The predicted molar refractivity (Wildman–Crippen MR) is 107 cm³/mol. The molecule has 1 aromatic carbocycles. The molecule has 1 aromatic heterocycles. The summed E-state index contributed by atoms with van der Waals surface area (Å²) >= 11 is 1.68. The maximum absolute atomic E-state index is 13.4. The van der Waals surface area contributed by atoms with Crippen LogP contribution in [-0.2, 0) is 16.0 Å². The molecule has 2 aromatic rings. The lowest BCUT2D eigenvalue weighted by atomic mass is 10.0. The van der Waals surface area contributed by atoms with Gasteiger partial charge in [0, 0.05) is 30.5 Å². The van der Waals surface area contributed by atoms with Gasteiger partial charge in [0.15, 0.2) is 0 Å². The van der Waals surface area contributed by atoms with E-state index >= 15 is 0 Å². The number of ether oxygens (including phenoxy) is 1. The summed E-state index contributed by atoms with van der Waals surface area (Å²) in [5.74, 6) is -0.0435. The molecule has 150 valence electrons. The molecular weight excluding hydrogens is 379 g/mol. The molecule has 1 aliphatic heterocycles. The molecule has 0 aliphatic carbocycles. The Morgan fingerprint density at radius 2 is 2.14 bits per heavy atom. The number of carbonyl (C=O) groups is 2. The van der Waals surface area contributed by atoms with Gasteiger partial charge in [0.1, 0.15) is 18.2 Å². The van der Waals surface area contributed by atoms with Crippen LogP contribution < -0.4 is 4.74 Å². The second kappa shape index (κ2) is 9.19. The third kappa shape index (κ3) is 4.52. The third-order valence-electron chi connectivity index (χ3n) is 4.98. The largest absolute Gasteiger partial charge is 0.491 e. The minimum atomic E-state index is -0.359. The molecule has 0 fully saturated rings. The van der Waals surface area contributed by atoms with E-state index in [2.05, 4.69) is 0 Å². The van der Waals surface area contributed by atoms with Crippen molar-refractivity contribution in [2.24, 2.45) is 0 Å². The van der Waals surface area contributed by atoms with Crippen molar-refractivity contribution in [3.05, 3.63) is 52.0 Å². The molecular formula is C21H25FN2O3S. The zero-order chi connectivity index (χ0) is 20.1. The van der Waals surface area contributed by atoms with Gasteiger partial charge in [-0.15, -0.1) is 11.3 Å². The Bertz CT molecular complexity index is 839. The van der Waals surface area contributed by atoms with Gasteiger partial charge in [-0.25, -0.2) is 4.39 Å². The van der Waals surface area contributed by atoms with Crippen molar-refractivity contribution in [3.8, 4) is 5.75 Å². The molecule has 0 N–H and O–H groups in total. The Labute approximate surface area is 168 Å². The summed E-state index contributed by atoms with van der Waals surface area (Å²) in [4.78, 5) is 29.7. The third-order valence-corrected chi connectivity index (χ3v) is 5.98. The first kappa shape index (κ1) is 20.3. The number of amides is 2. The van der Waals surface area contributed by atoms with Gasteiger partial charge in [-0.1, -0.05) is 13.0 Å². The van der Waals surface area contributed by atoms with Gasteiger partial charge in [0.2, 0.25) is 11.8 Å². The molecule has 28 heavy (non-hydrogen) atoms. The average molecular weight is 405 g/mol. The molecule has 2 amide bonds. The van der Waals surface area contributed by atoms with E-state index in [-0.39, 0.29) is 36.8 Å². The molecule has 3 rings (SSSR count). The molecule has 2 heterocycles. The number of fused-ring (bicyclic) bond motifs is 1. The summed E-state index contributed by atoms with van der Waals surface area (Å²) in [5, 5.41) is 2.02. The van der Waals surface area contributed by atoms with Crippen LogP contribution in [0.15, 0.2) is 35.7 Å². The Morgan fingerprint density at radius 3 is 2.86 bits per heavy atom. The SMILES string of the molecule is CCC(=O)N(CC)CC(=O)N1CCc2sccc2C1COc1cccc(F)c1. The molecule has 7 heteroatoms. The van der Waals surface area contributed by atoms with Crippen molar-refractivity contribution < 1.29 is 18.7 Å². The van der Waals surface area contributed by atoms with Crippen LogP contribution in [-0.4, -0.2) is 47.9 Å². The van der Waals surface area contributed by atoms with E-state index in [0.29, 0.717) is 25.3 Å². The van der Waals surface area contributed by atoms with Crippen molar-refractivity contribution in [1.82, 2.24) is 9.80 Å². The number of likely N-dealkylation sites (N-methyl/N-ethyl adjacent to an activating group) is 1. The highest BCUT2D eigenvalue weighted by atomic mass is 32.1. The highest BCUT2D eigenvalue weighted by Gasteiger charge is 2.33. The van der Waals surface area contributed by atoms with Gasteiger partial charge >= 0.3 is 0 Å². The fourth-order valence-corrected chi connectivity index (χ4v) is 4.39. The summed E-state index contributed by atoms with van der Waals surface area (Å²) in [5.41, 5.74) is 1.07. The monoisotopic (exact) mass is 404 g/mol. The highest BCUT2D eigenvalue weighted by Crippen LogP contribution is 2.34. The summed E-state index contributed by atoms with van der Waals surface area (Å²) in [7, 11) is 0. The van der Waals surface area contributed by atoms with Gasteiger partial charge in [-0.05, 0) is 42.5 Å². The molecule has 1 atom stereocenters. The number of nitrogens with zero attached hydrogens (tertiary/aromatic N) is 2. The Morgan fingerprint density at radius 1 is 1.32 bits per heavy atom. The first-order chi connectivity index (χ1) is 13.5. The normalized spacial score (nSPS) is 15.8. The number of hydrogen-bond acceptors (Lipinski definition) is 4. The van der Waals surface area contributed by atoms with Crippen molar-refractivity contribution in [1.29, 1.82) is 0 Å². The van der Waals surface area contributed by atoms with Crippen LogP contribution in [0, 0.1) is 5.82 Å². The molecule has 0 bridgehead atoms. The predicted octanol–water partition coefficient (Wildman–Crippen LogP) is 3.65. The summed E-state index contributed by atoms with van der Waals surface area (Å²) in [6.07, 6.45) is 1.17. The van der Waals surface area contributed by atoms with E-state index in [1.165, 1.54) is 17.0 Å². The van der Waals surface area contributed by atoms with Crippen molar-refractivity contribution in [2.45, 2.75) is 32.7 Å². The molecule has 0 spiro atoms. The molecule has 0 saturated heterocycles. The summed E-state index contributed by atoms with van der Waals surface area (Å²) in [6.45, 7) is 5.07. The Hall–Kier alpha value is -2.41. The maximum atomic E-state index is 13.4. The van der Waals surface area contributed by atoms with E-state index in [4.69, 9.17) is 4.74 Å². The smallest absolute Gasteiger partial charge is 0.242 e. The van der Waals surface area contributed by atoms with Crippen LogP contribution in [0.5, 0.6) is 5.75 Å². The molecule has 0 saturated carbocycles. The minimum absolute atomic E-state index is 0.0309. The Kier molecular flexibility index (Phi) is 6.67. The second-order valence-electron chi connectivity index (χ2n) is 6.68. The van der Waals surface area contributed by atoms with Crippen LogP contribution in [0.2, 0.25) is 0 Å². The lowest BCUT2D eigenvalue weighted by Crippen LogP contribution is -2.47. The van der Waals surface area contributed by atoms with E-state index in [1.54, 1.807) is 40.2 Å². The highest BCUT2D eigenvalue weighted by molar-refractivity contribution is 7.10. The number of halogens is 1. The molecule has 0 radical (unpaired) electrons. The Balaban J connectivity index is 1.76. The first-order valence-electron chi connectivity index (χ1n) is 9.55. The number of thiophene rings is 1. The number of rotatable bonds is 7. The standard InChI is InChI=1S/C21H25FN2O3S/c1-3-20(25)23(4-2)13-21(26)24-10-8-19-17(9-11-28-19)18(24)14-27-16-7-5-6-15(22)12-16/h5-7,9,11-12,18H,3-4,8,10,13-14H2,1-2H3. The maximum Gasteiger partial charge on any atom is 0.242 e. The van der Waals surface area contributed by atoms with Crippen molar-refractivity contribution in [3.63, 3.8) is 0 Å². The lowest BCUT2D eigenvalue weighted by Gasteiger charge is -2.37. The lowest BCUT2D eigenvalue weighted by molar-refractivity contribution is -0.142. The molecule has 1 unspecified atom stereocenters. The number of hydrogen-bond donors (Lipinski definition) is 0. The summed E-state index contributed by atoms with van der Waals surface area (Å²) < 4.78 is 19.3. The van der Waals surface area contributed by atoms with E-state index in [0.717, 1.165) is 12.0 Å². The first-order valence-corrected chi connectivity index (χ1v) is 10.4. The molecule has 1 aliphatic rings. The quantitative estimate of drug-likeness (QED) is 0.708. The van der Waals surface area contributed by atoms with Gasteiger partial charge in [-0.2, -0.15) is 0 Å². The van der Waals surface area contributed by atoms with Gasteiger partial charge in [0.05, 0.1) is 12.6 Å². The number of carbonyl (C=O) groups excluding carboxylic acids is 2. The number of benzene rings is 1. The van der Waals surface area contributed by atoms with Crippen LogP contribution in [0.25, 0.3) is 0 Å². The average Bonchev–Trinajstić information content (AvgIpc) is 3.18. The zero-order valence-corrected chi connectivity index (χ0v) is 17.0. The van der Waals surface area contributed by atoms with E-state index < -0.39 is 0 Å². The van der Waals surface area contributed by atoms with E-state index in [9.17, 15) is 14.0 Å². The summed E-state index contributed by atoms with van der Waals surface area (Å²) in [6, 6.07) is 7.77. The van der Waals surface area contributed by atoms with Crippen LogP contribution in [0.4, 0.5) is 4.39 Å². The van der Waals surface area contributed by atoms with Crippen LogP contribution in [0.1, 0.15) is 36.8 Å². The van der Waals surface area contributed by atoms with Crippen molar-refractivity contribution in [2.75, 3.05) is 26.2 Å². The fourth-order valence-electron chi connectivity index (χ4n) is 3.46. The van der Waals surface area contributed by atoms with Crippen LogP contribution in [0.3, 0.4) is 0 Å². The second-order valence-corrected chi connectivity index (χ2v) is 7.68.